The van der Waals surface area contributed by atoms with Crippen LogP contribution in [0.5, 0.6) is 5.75 Å². The molecular formula is C21H15ClF2N2O3. The summed E-state index contributed by atoms with van der Waals surface area (Å²) in [7, 11) is 0. The van der Waals surface area contributed by atoms with Crippen molar-refractivity contribution in [2.24, 2.45) is 0 Å². The van der Waals surface area contributed by atoms with Crippen molar-refractivity contribution in [3.05, 3.63) is 87.9 Å². The van der Waals surface area contributed by atoms with Gasteiger partial charge in [-0.25, -0.2) is 8.78 Å². The van der Waals surface area contributed by atoms with Crippen LogP contribution in [0.3, 0.4) is 0 Å². The van der Waals surface area contributed by atoms with E-state index >= 15 is 0 Å². The van der Waals surface area contributed by atoms with Gasteiger partial charge in [0.25, 0.3) is 11.8 Å². The third-order valence-corrected chi connectivity index (χ3v) is 4.38. The number of aryl methyl sites for hydroxylation is 1. The lowest BCUT2D eigenvalue weighted by Crippen LogP contribution is -2.15. The van der Waals surface area contributed by atoms with Gasteiger partial charge in [0.15, 0.2) is 0 Å². The lowest BCUT2D eigenvalue weighted by Gasteiger charge is -2.13. The molecule has 3 N–H and O–H groups in total. The summed E-state index contributed by atoms with van der Waals surface area (Å²) in [6, 6.07) is 11.7. The molecular weight excluding hydrogens is 402 g/mol. The maximum Gasteiger partial charge on any atom is 0.258 e. The number of carbonyl (C=O) groups excluding carboxylic acids is 2. The Kier molecular flexibility index (Phi) is 5.79. The fourth-order valence-electron chi connectivity index (χ4n) is 2.52. The molecule has 0 fully saturated rings. The largest absolute Gasteiger partial charge is 0.506 e. The van der Waals surface area contributed by atoms with Crippen LogP contribution in [0.4, 0.5) is 20.2 Å². The molecule has 29 heavy (non-hydrogen) atoms. The lowest BCUT2D eigenvalue weighted by atomic mass is 10.1. The van der Waals surface area contributed by atoms with Crippen molar-refractivity contribution in [1.29, 1.82) is 0 Å². The third kappa shape index (κ3) is 4.70. The molecule has 0 aliphatic carbocycles. The van der Waals surface area contributed by atoms with Gasteiger partial charge in [-0.3, -0.25) is 9.59 Å². The Morgan fingerprint density at radius 2 is 1.55 bits per heavy atom. The van der Waals surface area contributed by atoms with E-state index in [4.69, 9.17) is 11.6 Å². The summed E-state index contributed by atoms with van der Waals surface area (Å²) < 4.78 is 26.7. The SMILES string of the molecule is Cc1ccc(C(=O)Nc2cc(Cl)c(NC(=O)c3ccc(F)cc3F)cc2O)cc1. The first-order valence-corrected chi connectivity index (χ1v) is 8.79. The van der Waals surface area contributed by atoms with Crippen molar-refractivity contribution < 1.29 is 23.5 Å². The average molecular weight is 417 g/mol. The van der Waals surface area contributed by atoms with Crippen LogP contribution in [0.15, 0.2) is 54.6 Å². The maximum atomic E-state index is 13.7. The van der Waals surface area contributed by atoms with E-state index in [0.29, 0.717) is 11.6 Å². The van der Waals surface area contributed by atoms with Crippen molar-refractivity contribution in [1.82, 2.24) is 0 Å². The number of amides is 2. The predicted molar refractivity (Wildman–Crippen MR) is 107 cm³/mol. The van der Waals surface area contributed by atoms with E-state index in [2.05, 4.69) is 10.6 Å². The highest BCUT2D eigenvalue weighted by molar-refractivity contribution is 6.34. The van der Waals surface area contributed by atoms with Crippen LogP contribution in [0.1, 0.15) is 26.3 Å². The molecule has 3 aromatic rings. The molecule has 2 amide bonds. The van der Waals surface area contributed by atoms with Crippen molar-refractivity contribution >= 4 is 34.8 Å². The monoisotopic (exact) mass is 416 g/mol. The van der Waals surface area contributed by atoms with Gasteiger partial charge < -0.3 is 15.7 Å². The Balaban J connectivity index is 1.79. The minimum Gasteiger partial charge on any atom is -0.506 e. The maximum absolute atomic E-state index is 13.7. The number of benzene rings is 3. The van der Waals surface area contributed by atoms with Gasteiger partial charge in [0.1, 0.15) is 17.4 Å². The molecule has 3 rings (SSSR count). The summed E-state index contributed by atoms with van der Waals surface area (Å²) >= 11 is 6.12. The first-order valence-electron chi connectivity index (χ1n) is 8.41. The number of halogens is 3. The second-order valence-electron chi connectivity index (χ2n) is 6.25. The van der Waals surface area contributed by atoms with Crippen molar-refractivity contribution in [3.63, 3.8) is 0 Å². The smallest absolute Gasteiger partial charge is 0.258 e. The fourth-order valence-corrected chi connectivity index (χ4v) is 2.73. The Labute approximate surface area is 169 Å². The normalized spacial score (nSPS) is 10.5. The zero-order valence-corrected chi connectivity index (χ0v) is 15.8. The number of rotatable bonds is 4. The van der Waals surface area contributed by atoms with Gasteiger partial charge in [0.05, 0.1) is 22.0 Å². The van der Waals surface area contributed by atoms with Crippen molar-refractivity contribution in [2.75, 3.05) is 10.6 Å². The topological polar surface area (TPSA) is 78.4 Å². The lowest BCUT2D eigenvalue weighted by molar-refractivity contribution is 0.101. The highest BCUT2D eigenvalue weighted by Gasteiger charge is 2.17. The van der Waals surface area contributed by atoms with Crippen molar-refractivity contribution in [3.8, 4) is 5.75 Å². The zero-order valence-electron chi connectivity index (χ0n) is 15.1. The van der Waals surface area contributed by atoms with Gasteiger partial charge in [-0.05, 0) is 37.3 Å². The minimum atomic E-state index is -1.04. The van der Waals surface area contributed by atoms with E-state index in [9.17, 15) is 23.5 Å². The molecule has 8 heteroatoms. The van der Waals surface area contributed by atoms with E-state index in [0.717, 1.165) is 23.8 Å². The molecule has 0 saturated carbocycles. The van der Waals surface area contributed by atoms with Crippen LogP contribution in [0, 0.1) is 18.6 Å². The first-order chi connectivity index (χ1) is 13.7. The van der Waals surface area contributed by atoms with E-state index in [1.54, 1.807) is 24.3 Å². The standard InChI is InChI=1S/C21H15ClF2N2O3/c1-11-2-4-12(5-3-11)20(28)26-18-9-15(22)17(10-19(18)27)25-21(29)14-7-6-13(23)8-16(14)24/h2-10,27H,1H3,(H,25,29)(H,26,28). The predicted octanol–water partition coefficient (Wildman–Crippen LogP) is 5.14. The number of aromatic hydroxyl groups is 1. The molecule has 0 atom stereocenters. The van der Waals surface area contributed by atoms with Gasteiger partial charge in [-0.2, -0.15) is 0 Å². The molecule has 0 unspecified atom stereocenters. The van der Waals surface area contributed by atoms with Gasteiger partial charge in [-0.15, -0.1) is 0 Å². The summed E-state index contributed by atoms with van der Waals surface area (Å²) in [5, 5.41) is 15.0. The number of nitrogens with one attached hydrogen (secondary N) is 2. The number of hydrogen-bond acceptors (Lipinski definition) is 3. The molecule has 0 aromatic heterocycles. The molecule has 0 bridgehead atoms. The van der Waals surface area contributed by atoms with Crippen LogP contribution in [0.2, 0.25) is 5.02 Å². The second-order valence-corrected chi connectivity index (χ2v) is 6.65. The molecule has 0 radical (unpaired) electrons. The summed E-state index contributed by atoms with van der Waals surface area (Å²) in [5.74, 6) is -3.54. The second kappa shape index (κ2) is 8.28. The molecule has 0 spiro atoms. The fraction of sp³-hybridized carbons (Fsp3) is 0.0476. The quantitative estimate of drug-likeness (QED) is 0.515. The molecule has 0 saturated heterocycles. The summed E-state index contributed by atoms with van der Waals surface area (Å²) in [5.41, 5.74) is 1.01. The Hall–Kier alpha value is -3.45. The Morgan fingerprint density at radius 3 is 2.21 bits per heavy atom. The van der Waals surface area contributed by atoms with E-state index in [1.165, 1.54) is 6.07 Å². The summed E-state index contributed by atoms with van der Waals surface area (Å²) in [6.07, 6.45) is 0. The number of anilines is 2. The van der Waals surface area contributed by atoms with E-state index in [1.807, 2.05) is 6.92 Å². The average Bonchev–Trinajstić information content (AvgIpc) is 2.66. The van der Waals surface area contributed by atoms with Crippen LogP contribution < -0.4 is 10.6 Å². The van der Waals surface area contributed by atoms with Crippen molar-refractivity contribution in [2.45, 2.75) is 6.92 Å². The number of phenolic OH excluding ortho intramolecular Hbond substituents is 1. The van der Waals surface area contributed by atoms with Crippen LogP contribution in [-0.4, -0.2) is 16.9 Å². The third-order valence-electron chi connectivity index (χ3n) is 4.07. The Morgan fingerprint density at radius 1 is 0.897 bits per heavy atom. The minimum absolute atomic E-state index is 0.00197. The molecule has 0 heterocycles. The Bertz CT molecular complexity index is 1100. The summed E-state index contributed by atoms with van der Waals surface area (Å²) in [6.45, 7) is 1.89. The van der Waals surface area contributed by atoms with Crippen LogP contribution in [-0.2, 0) is 0 Å². The highest BCUT2D eigenvalue weighted by Crippen LogP contribution is 2.34. The molecule has 148 valence electrons. The summed E-state index contributed by atoms with van der Waals surface area (Å²) in [4.78, 5) is 24.5. The highest BCUT2D eigenvalue weighted by atomic mass is 35.5. The molecule has 0 aliphatic rings. The number of phenols is 1. The van der Waals surface area contributed by atoms with E-state index in [-0.39, 0.29) is 22.1 Å². The molecule has 3 aromatic carbocycles. The van der Waals surface area contributed by atoms with Crippen LogP contribution in [0.25, 0.3) is 0 Å². The zero-order chi connectivity index (χ0) is 21.1. The van der Waals surface area contributed by atoms with Gasteiger partial charge in [0, 0.05) is 17.7 Å². The molecule has 5 nitrogen and oxygen atoms in total. The van der Waals surface area contributed by atoms with Gasteiger partial charge in [0.2, 0.25) is 0 Å². The van der Waals surface area contributed by atoms with Gasteiger partial charge in [-0.1, -0.05) is 29.3 Å². The van der Waals surface area contributed by atoms with Crippen LogP contribution >= 0.6 is 11.6 Å². The van der Waals surface area contributed by atoms with Gasteiger partial charge >= 0.3 is 0 Å². The van der Waals surface area contributed by atoms with E-state index < -0.39 is 29.0 Å². The molecule has 0 aliphatic heterocycles. The first kappa shape index (κ1) is 20.3. The number of hydrogen-bond donors (Lipinski definition) is 3. The number of carbonyl (C=O) groups is 2.